The normalized spacial score (nSPS) is 10.1. The Morgan fingerprint density at radius 3 is 2.65 bits per heavy atom. The number of amides is 1. The fraction of sp³-hybridized carbons (Fsp3) is 0.333. The Morgan fingerprint density at radius 2 is 2.18 bits per heavy atom. The topological polar surface area (TPSA) is 46.3 Å². The van der Waals surface area contributed by atoms with Crippen LogP contribution in [-0.4, -0.2) is 28.9 Å². The van der Waals surface area contributed by atoms with Gasteiger partial charge in [0.25, 0.3) is 5.91 Å². The van der Waals surface area contributed by atoms with E-state index in [1.807, 2.05) is 6.92 Å². The van der Waals surface area contributed by atoms with Crippen molar-refractivity contribution < 1.29 is 9.18 Å². The monoisotopic (exact) mass is 254 g/mol. The number of aryl methyl sites for hydroxylation is 1. The van der Waals surface area contributed by atoms with Gasteiger partial charge in [-0.2, -0.15) is 0 Å². The highest BCUT2D eigenvalue weighted by molar-refractivity contribution is 7.80. The minimum atomic E-state index is -0.387. The summed E-state index contributed by atoms with van der Waals surface area (Å²) in [7, 11) is 0. The number of benzene rings is 1. The van der Waals surface area contributed by atoms with Gasteiger partial charge in [-0.15, -0.1) is 0 Å². The van der Waals surface area contributed by atoms with Crippen LogP contribution < -0.4 is 5.73 Å². The van der Waals surface area contributed by atoms with Crippen molar-refractivity contribution in [2.45, 2.75) is 13.8 Å². The average Bonchev–Trinajstić information content (AvgIpc) is 2.28. The molecule has 0 bridgehead atoms. The van der Waals surface area contributed by atoms with E-state index in [1.54, 1.807) is 19.1 Å². The lowest BCUT2D eigenvalue weighted by atomic mass is 10.1. The zero-order valence-electron chi connectivity index (χ0n) is 9.87. The van der Waals surface area contributed by atoms with E-state index in [0.717, 1.165) is 0 Å². The van der Waals surface area contributed by atoms with Gasteiger partial charge in [0, 0.05) is 12.1 Å². The van der Waals surface area contributed by atoms with Gasteiger partial charge in [0.15, 0.2) is 0 Å². The molecule has 1 aromatic rings. The molecular formula is C12H15FN2OS. The van der Waals surface area contributed by atoms with E-state index >= 15 is 0 Å². The van der Waals surface area contributed by atoms with Crippen molar-refractivity contribution in [3.63, 3.8) is 0 Å². The molecule has 0 aliphatic rings. The van der Waals surface area contributed by atoms with Crippen LogP contribution in [0.1, 0.15) is 22.8 Å². The SMILES string of the molecule is CCN(CC(N)=S)C(=O)c1ccc(C)c(F)c1. The fourth-order valence-electron chi connectivity index (χ4n) is 1.42. The smallest absolute Gasteiger partial charge is 0.254 e. The lowest BCUT2D eigenvalue weighted by Crippen LogP contribution is -2.37. The molecule has 2 N–H and O–H groups in total. The van der Waals surface area contributed by atoms with Crippen LogP contribution >= 0.6 is 12.2 Å². The predicted molar refractivity (Wildman–Crippen MR) is 69.5 cm³/mol. The Kier molecular flexibility index (Phi) is 4.57. The van der Waals surface area contributed by atoms with Crippen molar-refractivity contribution in [1.29, 1.82) is 0 Å². The van der Waals surface area contributed by atoms with Gasteiger partial charge in [0.05, 0.1) is 11.5 Å². The first-order chi connectivity index (χ1) is 7.95. The summed E-state index contributed by atoms with van der Waals surface area (Å²) >= 11 is 4.76. The van der Waals surface area contributed by atoms with Crippen LogP contribution in [0.15, 0.2) is 18.2 Å². The molecule has 1 rings (SSSR count). The van der Waals surface area contributed by atoms with Crippen LogP contribution in [-0.2, 0) is 0 Å². The molecule has 1 amide bonds. The van der Waals surface area contributed by atoms with Crippen LogP contribution in [0.25, 0.3) is 0 Å². The molecule has 0 aliphatic carbocycles. The Morgan fingerprint density at radius 1 is 1.53 bits per heavy atom. The molecule has 1 aromatic carbocycles. The van der Waals surface area contributed by atoms with Crippen molar-refractivity contribution in [1.82, 2.24) is 4.90 Å². The van der Waals surface area contributed by atoms with Crippen molar-refractivity contribution >= 4 is 23.1 Å². The lowest BCUT2D eigenvalue weighted by molar-refractivity contribution is 0.0787. The molecule has 0 heterocycles. The maximum absolute atomic E-state index is 13.3. The summed E-state index contributed by atoms with van der Waals surface area (Å²) < 4.78 is 13.3. The van der Waals surface area contributed by atoms with Gasteiger partial charge < -0.3 is 10.6 Å². The first kappa shape index (κ1) is 13.6. The second kappa shape index (κ2) is 5.72. The maximum Gasteiger partial charge on any atom is 0.254 e. The highest BCUT2D eigenvalue weighted by Gasteiger charge is 2.15. The maximum atomic E-state index is 13.3. The first-order valence-electron chi connectivity index (χ1n) is 5.29. The lowest BCUT2D eigenvalue weighted by Gasteiger charge is -2.20. The molecule has 92 valence electrons. The van der Waals surface area contributed by atoms with Crippen molar-refractivity contribution in [2.75, 3.05) is 13.1 Å². The number of thiocarbonyl (C=S) groups is 1. The third-order valence-corrected chi connectivity index (χ3v) is 2.56. The predicted octanol–water partition coefficient (Wildman–Crippen LogP) is 1.88. The van der Waals surface area contributed by atoms with E-state index in [4.69, 9.17) is 18.0 Å². The number of likely N-dealkylation sites (N-methyl/N-ethyl adjacent to an activating group) is 1. The Bertz CT molecular complexity index is 448. The van der Waals surface area contributed by atoms with Gasteiger partial charge in [-0.3, -0.25) is 4.79 Å². The average molecular weight is 254 g/mol. The molecule has 0 radical (unpaired) electrons. The van der Waals surface area contributed by atoms with Gasteiger partial charge in [-0.25, -0.2) is 4.39 Å². The van der Waals surface area contributed by atoms with Crippen LogP contribution in [0, 0.1) is 12.7 Å². The van der Waals surface area contributed by atoms with Crippen molar-refractivity contribution in [2.24, 2.45) is 5.73 Å². The van der Waals surface area contributed by atoms with E-state index in [-0.39, 0.29) is 23.3 Å². The number of nitrogens with two attached hydrogens (primary N) is 1. The molecular weight excluding hydrogens is 239 g/mol. The second-order valence-corrected chi connectivity index (χ2v) is 4.27. The van der Waals surface area contributed by atoms with Crippen molar-refractivity contribution in [3.8, 4) is 0 Å². The summed E-state index contributed by atoms with van der Waals surface area (Å²) in [5.41, 5.74) is 6.23. The van der Waals surface area contributed by atoms with Gasteiger partial charge >= 0.3 is 0 Å². The highest BCUT2D eigenvalue weighted by Crippen LogP contribution is 2.11. The Balaban J connectivity index is 2.93. The molecule has 0 aliphatic heterocycles. The quantitative estimate of drug-likeness (QED) is 0.835. The number of rotatable bonds is 4. The summed E-state index contributed by atoms with van der Waals surface area (Å²) in [6, 6.07) is 4.42. The highest BCUT2D eigenvalue weighted by atomic mass is 32.1. The van der Waals surface area contributed by atoms with E-state index in [2.05, 4.69) is 0 Å². The van der Waals surface area contributed by atoms with E-state index in [0.29, 0.717) is 17.7 Å². The van der Waals surface area contributed by atoms with E-state index < -0.39 is 0 Å². The minimum Gasteiger partial charge on any atom is -0.392 e. The number of hydrogen-bond donors (Lipinski definition) is 1. The number of nitrogens with zero attached hydrogens (tertiary/aromatic N) is 1. The third kappa shape index (κ3) is 3.49. The van der Waals surface area contributed by atoms with E-state index in [9.17, 15) is 9.18 Å². The summed E-state index contributed by atoms with van der Waals surface area (Å²) in [5.74, 6) is -0.651. The number of carbonyl (C=O) groups excluding carboxylic acids is 1. The number of halogens is 1. The van der Waals surface area contributed by atoms with Crippen molar-refractivity contribution in [3.05, 3.63) is 35.1 Å². The number of carbonyl (C=O) groups is 1. The zero-order valence-corrected chi connectivity index (χ0v) is 10.7. The summed E-state index contributed by atoms with van der Waals surface area (Å²) in [4.78, 5) is 13.7. The molecule has 0 aromatic heterocycles. The molecule has 0 unspecified atom stereocenters. The summed E-state index contributed by atoms with van der Waals surface area (Å²) in [6.07, 6.45) is 0. The molecule has 5 heteroatoms. The molecule has 0 atom stereocenters. The molecule has 0 fully saturated rings. The zero-order chi connectivity index (χ0) is 13.0. The third-order valence-electron chi connectivity index (χ3n) is 2.43. The molecule has 0 saturated carbocycles. The largest absolute Gasteiger partial charge is 0.392 e. The summed E-state index contributed by atoms with van der Waals surface area (Å²) in [6.45, 7) is 4.16. The molecule has 0 spiro atoms. The molecule has 3 nitrogen and oxygen atoms in total. The molecule has 0 saturated heterocycles. The van der Waals surface area contributed by atoms with Gasteiger partial charge in [-0.1, -0.05) is 18.3 Å². The van der Waals surface area contributed by atoms with Gasteiger partial charge in [0.1, 0.15) is 5.82 Å². The standard InChI is InChI=1S/C12H15FN2OS/c1-3-15(7-11(14)17)12(16)9-5-4-8(2)10(13)6-9/h4-6H,3,7H2,1-2H3,(H2,14,17). The van der Waals surface area contributed by atoms with E-state index in [1.165, 1.54) is 11.0 Å². The second-order valence-electron chi connectivity index (χ2n) is 3.75. The summed E-state index contributed by atoms with van der Waals surface area (Å²) in [5, 5.41) is 0. The minimum absolute atomic E-state index is 0.208. The van der Waals surface area contributed by atoms with Crippen LogP contribution in [0.3, 0.4) is 0 Å². The van der Waals surface area contributed by atoms with Crippen LogP contribution in [0.4, 0.5) is 4.39 Å². The first-order valence-corrected chi connectivity index (χ1v) is 5.70. The van der Waals surface area contributed by atoms with Crippen LogP contribution in [0.5, 0.6) is 0 Å². The molecule has 17 heavy (non-hydrogen) atoms. The van der Waals surface area contributed by atoms with Gasteiger partial charge in [0.2, 0.25) is 0 Å². The number of hydrogen-bond acceptors (Lipinski definition) is 2. The Hall–Kier alpha value is -1.49. The van der Waals surface area contributed by atoms with Gasteiger partial charge in [-0.05, 0) is 31.5 Å². The Labute approximate surface area is 105 Å². The van der Waals surface area contributed by atoms with Crippen LogP contribution in [0.2, 0.25) is 0 Å². The fourth-order valence-corrected chi connectivity index (χ4v) is 1.58.